The number of aliphatic hydroxyl groups is 1. The molecule has 2 aromatic heterocycles. The van der Waals surface area contributed by atoms with Gasteiger partial charge in [0.25, 0.3) is 6.01 Å². The number of anilines is 1. The highest BCUT2D eigenvalue weighted by molar-refractivity contribution is 14.1. The summed E-state index contributed by atoms with van der Waals surface area (Å²) in [6.07, 6.45) is -0.403. The van der Waals surface area contributed by atoms with E-state index in [1.54, 1.807) is 6.07 Å². The maximum absolute atomic E-state index is 14.6. The van der Waals surface area contributed by atoms with Gasteiger partial charge in [0.2, 0.25) is 10.0 Å². The van der Waals surface area contributed by atoms with Gasteiger partial charge in [0.05, 0.1) is 30.0 Å². The van der Waals surface area contributed by atoms with E-state index >= 15 is 0 Å². The predicted molar refractivity (Wildman–Crippen MR) is 157 cm³/mol. The molecule has 4 heterocycles. The van der Waals surface area contributed by atoms with E-state index in [1.165, 1.54) is 0 Å². The highest BCUT2D eigenvalue weighted by Gasteiger charge is 2.69. The van der Waals surface area contributed by atoms with Crippen LogP contribution in [-0.4, -0.2) is 80.5 Å². The third-order valence-corrected chi connectivity index (χ3v) is 11.8. The molecule has 18 heteroatoms. The van der Waals surface area contributed by atoms with Crippen LogP contribution in [0.5, 0.6) is 11.8 Å². The zero-order chi connectivity index (χ0) is 28.9. The summed E-state index contributed by atoms with van der Waals surface area (Å²) in [6, 6.07) is 3.68. The van der Waals surface area contributed by atoms with Crippen LogP contribution < -0.4 is 19.5 Å². The lowest BCUT2D eigenvalue weighted by Crippen LogP contribution is -2.50. The molecule has 0 radical (unpaired) electrons. The third-order valence-electron chi connectivity index (χ3n) is 6.14. The normalized spacial score (nSPS) is 26.3. The summed E-state index contributed by atoms with van der Waals surface area (Å²) in [7, 11) is -3.40. The average molecular weight is 828 g/mol. The van der Waals surface area contributed by atoms with Crippen molar-refractivity contribution in [2.75, 3.05) is 37.9 Å². The minimum Gasteiger partial charge on any atom is -0.492 e. The topological polar surface area (TPSA) is 157 Å². The molecular weight excluding hydrogens is 806 g/mol. The van der Waals surface area contributed by atoms with Crippen molar-refractivity contribution in [3.8, 4) is 11.8 Å². The Labute approximate surface area is 259 Å². The number of nitrogens with zero attached hydrogens (tertiary/aromatic N) is 2. The number of benzene rings is 1. The number of ether oxygens (including phenoxy) is 4. The molecule has 2 aliphatic rings. The standard InChI is InChI=1S/C22H22ClF2I2N5O7S/c1-40(34,35)29-2-3-36-10-4-13(24)11(14(25)5-10)7-28-18-12(23)6-15-19(31-18)32-20(30-15)39-17-9-38-21(26)16(33)8-37-22(17,21)27/h4-6,16-17,29,33H,2-3,7-9H2,1H3,(H2,28,30,31,32)/t16-,17-,21-,22-/m1/s1. The molecule has 2 fully saturated rings. The Bertz CT molecular complexity index is 1530. The molecule has 2 saturated heterocycles. The van der Waals surface area contributed by atoms with E-state index in [0.29, 0.717) is 5.52 Å². The van der Waals surface area contributed by atoms with Crippen LogP contribution in [0.1, 0.15) is 5.56 Å². The number of aliphatic hydroxyl groups excluding tert-OH is 1. The summed E-state index contributed by atoms with van der Waals surface area (Å²) in [5, 5.41) is 13.3. The molecule has 12 nitrogen and oxygen atoms in total. The fourth-order valence-electron chi connectivity index (χ4n) is 4.16. The maximum atomic E-state index is 14.6. The van der Waals surface area contributed by atoms with Gasteiger partial charge in [0.1, 0.15) is 35.9 Å². The Morgan fingerprint density at radius 3 is 2.60 bits per heavy atom. The largest absolute Gasteiger partial charge is 0.492 e. The molecule has 0 bridgehead atoms. The summed E-state index contributed by atoms with van der Waals surface area (Å²) < 4.78 is 74.6. The van der Waals surface area contributed by atoms with Gasteiger partial charge in [-0.2, -0.15) is 4.98 Å². The SMILES string of the molecule is CS(=O)(=O)NCCOc1cc(F)c(CNc2nc3nc(O[C@@H]4CO[C@]5(I)[C@H](O)CO[C@]45I)[nH]c3cc2Cl)c(F)c1. The van der Waals surface area contributed by atoms with Gasteiger partial charge in [0.15, 0.2) is 19.0 Å². The highest BCUT2D eigenvalue weighted by atomic mass is 127. The summed E-state index contributed by atoms with van der Waals surface area (Å²) in [5.74, 6) is -1.69. The zero-order valence-electron chi connectivity index (χ0n) is 20.5. The van der Waals surface area contributed by atoms with Crippen molar-refractivity contribution in [1.29, 1.82) is 0 Å². The van der Waals surface area contributed by atoms with Crippen LogP contribution in [0, 0.1) is 11.6 Å². The molecule has 5 rings (SSSR count). The van der Waals surface area contributed by atoms with E-state index < -0.39 is 41.1 Å². The van der Waals surface area contributed by atoms with Gasteiger partial charge in [-0.15, -0.1) is 0 Å². The minimum absolute atomic E-state index is 0.0543. The molecule has 1 aromatic carbocycles. The number of halogens is 5. The lowest BCUT2D eigenvalue weighted by Gasteiger charge is -2.31. The monoisotopic (exact) mass is 827 g/mol. The molecule has 4 atom stereocenters. The van der Waals surface area contributed by atoms with Crippen molar-refractivity contribution in [2.45, 2.75) is 26.0 Å². The molecule has 0 aliphatic carbocycles. The summed E-state index contributed by atoms with van der Waals surface area (Å²) in [6.45, 7) is -0.175. The zero-order valence-corrected chi connectivity index (χ0v) is 26.4. The second-order valence-electron chi connectivity index (χ2n) is 9.00. The number of imidazole rings is 1. The fraction of sp³-hybridized carbons (Fsp3) is 0.455. The number of H-pyrrole nitrogens is 1. The Morgan fingerprint density at radius 2 is 1.90 bits per heavy atom. The number of alkyl halides is 2. The van der Waals surface area contributed by atoms with E-state index in [9.17, 15) is 22.3 Å². The predicted octanol–water partition coefficient (Wildman–Crippen LogP) is 2.86. The molecule has 3 aromatic rings. The first-order valence-corrected chi connectivity index (χ1v) is 16.1. The van der Waals surface area contributed by atoms with Crippen LogP contribution in [0.2, 0.25) is 5.02 Å². The summed E-state index contributed by atoms with van der Waals surface area (Å²) in [4.78, 5) is 11.7. The molecule has 218 valence electrons. The molecule has 0 amide bonds. The molecule has 40 heavy (non-hydrogen) atoms. The number of rotatable bonds is 10. The third kappa shape index (κ3) is 5.92. The smallest absolute Gasteiger partial charge is 0.296 e. The molecule has 4 N–H and O–H groups in total. The number of sulfonamides is 1. The number of aromatic amines is 1. The fourth-order valence-corrected chi connectivity index (χ4v) is 6.70. The van der Waals surface area contributed by atoms with Crippen LogP contribution >= 0.6 is 56.8 Å². The molecule has 0 saturated carbocycles. The van der Waals surface area contributed by atoms with E-state index in [4.69, 9.17) is 30.5 Å². The number of hydrogen-bond donors (Lipinski definition) is 4. The first kappa shape index (κ1) is 30.1. The van der Waals surface area contributed by atoms with Crippen molar-refractivity contribution >= 4 is 83.8 Å². The highest BCUT2D eigenvalue weighted by Crippen LogP contribution is 2.55. The number of nitrogens with one attached hydrogen (secondary N) is 3. The van der Waals surface area contributed by atoms with Gasteiger partial charge in [-0.05, 0) is 51.2 Å². The number of pyridine rings is 1. The van der Waals surface area contributed by atoms with Crippen molar-refractivity contribution in [3.05, 3.63) is 40.4 Å². The number of hydrogen-bond acceptors (Lipinski definition) is 10. The van der Waals surface area contributed by atoms with Gasteiger partial charge in [-0.3, -0.25) is 0 Å². The lowest BCUT2D eigenvalue weighted by atomic mass is 10.1. The van der Waals surface area contributed by atoms with E-state index in [2.05, 4.69) is 47.6 Å². The van der Waals surface area contributed by atoms with Crippen LogP contribution in [0.4, 0.5) is 14.6 Å². The van der Waals surface area contributed by atoms with Crippen molar-refractivity contribution in [3.63, 3.8) is 0 Å². The first-order chi connectivity index (χ1) is 18.8. The lowest BCUT2D eigenvalue weighted by molar-refractivity contribution is 0.000676. The van der Waals surface area contributed by atoms with Gasteiger partial charge >= 0.3 is 0 Å². The van der Waals surface area contributed by atoms with Crippen LogP contribution in [0.25, 0.3) is 11.2 Å². The van der Waals surface area contributed by atoms with Crippen LogP contribution in [0.3, 0.4) is 0 Å². The Balaban J connectivity index is 1.25. The van der Waals surface area contributed by atoms with Crippen molar-refractivity contribution in [2.24, 2.45) is 0 Å². The average Bonchev–Trinajstić information content (AvgIpc) is 3.45. The number of aromatic nitrogens is 3. The Morgan fingerprint density at radius 1 is 1.20 bits per heavy atom. The Kier molecular flexibility index (Phi) is 8.57. The van der Waals surface area contributed by atoms with E-state index in [-0.39, 0.29) is 66.7 Å². The maximum Gasteiger partial charge on any atom is 0.296 e. The van der Waals surface area contributed by atoms with Gasteiger partial charge in [-0.1, -0.05) is 11.6 Å². The molecule has 0 unspecified atom stereocenters. The molecule has 2 aliphatic heterocycles. The van der Waals surface area contributed by atoms with Crippen LogP contribution in [-0.2, 0) is 26.0 Å². The van der Waals surface area contributed by atoms with Crippen molar-refractivity contribution in [1.82, 2.24) is 19.7 Å². The first-order valence-electron chi connectivity index (χ1n) is 11.6. The second kappa shape index (κ2) is 11.4. The van der Waals surface area contributed by atoms with Gasteiger partial charge in [-0.25, -0.2) is 26.9 Å². The quantitative estimate of drug-likeness (QED) is 0.136. The van der Waals surface area contributed by atoms with Crippen LogP contribution in [0.15, 0.2) is 18.2 Å². The minimum atomic E-state index is -3.40. The molecule has 0 spiro atoms. The Hall–Kier alpha value is -1.36. The van der Waals surface area contributed by atoms with Gasteiger partial charge < -0.3 is 34.4 Å². The summed E-state index contributed by atoms with van der Waals surface area (Å²) in [5.41, 5.74) is 0.424. The van der Waals surface area contributed by atoms with Gasteiger partial charge in [0, 0.05) is 30.8 Å². The van der Waals surface area contributed by atoms with Crippen molar-refractivity contribution < 1.29 is 41.3 Å². The summed E-state index contributed by atoms with van der Waals surface area (Å²) >= 11 is 10.5. The van der Waals surface area contributed by atoms with E-state index in [0.717, 1.165) is 18.4 Å². The number of fused-ring (bicyclic) bond motifs is 2. The molecular formula is C22H22ClF2I2N5O7S. The van der Waals surface area contributed by atoms with E-state index in [1.807, 2.05) is 22.6 Å². The second-order valence-corrected chi connectivity index (χ2v) is 14.4.